The summed E-state index contributed by atoms with van der Waals surface area (Å²) in [5.74, 6) is -5.43. The summed E-state index contributed by atoms with van der Waals surface area (Å²) in [6.07, 6.45) is -7.65. The van der Waals surface area contributed by atoms with Crippen molar-refractivity contribution in [3.8, 4) is 0 Å². The molecule has 4 aliphatic rings. The Balaban J connectivity index is 1.56. The van der Waals surface area contributed by atoms with E-state index in [9.17, 15) is 34.5 Å². The lowest BCUT2D eigenvalue weighted by molar-refractivity contribution is -0.349. The van der Waals surface area contributed by atoms with Gasteiger partial charge in [-0.2, -0.15) is 0 Å². The molecule has 350 valence electrons. The van der Waals surface area contributed by atoms with Gasteiger partial charge in [0.15, 0.2) is 11.4 Å². The minimum atomic E-state index is -2.26. The number of alkyl carbamates (subject to hydrolysis) is 1. The van der Waals surface area contributed by atoms with Crippen LogP contribution in [0.2, 0.25) is 0 Å². The van der Waals surface area contributed by atoms with Gasteiger partial charge in [-0.1, -0.05) is 62.4 Å². The molecule has 1 aliphatic heterocycles. The van der Waals surface area contributed by atoms with E-state index in [-0.39, 0.29) is 37.4 Å². The van der Waals surface area contributed by atoms with Crippen LogP contribution < -0.4 is 5.32 Å². The number of hydrogen-bond acceptors (Lipinski definition) is 15. The first-order valence-electron chi connectivity index (χ1n) is 21.8. The molecule has 2 bridgehead atoms. The van der Waals surface area contributed by atoms with E-state index in [0.29, 0.717) is 11.1 Å². The summed E-state index contributed by atoms with van der Waals surface area (Å²) in [4.78, 5) is 71.3. The number of aliphatic hydroxyl groups is 3. The van der Waals surface area contributed by atoms with Crippen molar-refractivity contribution in [3.05, 3.63) is 82.9 Å². The first-order valence-corrected chi connectivity index (χ1v) is 21.8. The number of nitrogens with one attached hydrogen (secondary N) is 1. The first-order chi connectivity index (χ1) is 30.1. The average Bonchev–Trinajstić information content (AvgIpc) is 3.23. The lowest BCUT2D eigenvalue weighted by Crippen LogP contribution is -2.82. The second kappa shape index (κ2) is 18.6. The molecular formula is C48H63NO15. The van der Waals surface area contributed by atoms with Gasteiger partial charge in [0.05, 0.1) is 68.0 Å². The number of hydrogen-bond donors (Lipinski definition) is 4. The van der Waals surface area contributed by atoms with Gasteiger partial charge in [0.2, 0.25) is 0 Å². The molecule has 1 unspecified atom stereocenters. The van der Waals surface area contributed by atoms with E-state index in [1.807, 2.05) is 0 Å². The third-order valence-electron chi connectivity index (χ3n) is 13.6. The standard InChI is InChI=1S/C48H63NO15/c1-27-32(61-41(54)28(2)36(30-16-12-10-13-17-30)49-43(56)64-44(4,5)6)25-48(57)40(62-42(55)31-18-14-11-15-19-31)38-46(9,39(53)37(59-23-21-51)35(27)45(48,7)8)33(58-22-20-50)24-34-47(38,26-60-34)63-29(3)52/h10-19,28,32-34,36-38,40,50-51,57H,20-26H2,1-9H3,(H,49,56)/t28-,32+,33+,34-,36-,37-,38?,40+,46-,47+,48-/m1/s1. The molecular weight excluding hydrogens is 831 g/mol. The molecule has 16 heteroatoms. The van der Waals surface area contributed by atoms with Crippen molar-refractivity contribution in [1.82, 2.24) is 5.32 Å². The molecule has 2 aromatic carbocycles. The number of aliphatic hydroxyl groups excluding tert-OH is 2. The van der Waals surface area contributed by atoms with Gasteiger partial charge in [0.1, 0.15) is 35.6 Å². The van der Waals surface area contributed by atoms with E-state index >= 15 is 4.79 Å². The second-order valence-corrected chi connectivity index (χ2v) is 19.1. The van der Waals surface area contributed by atoms with Crippen LogP contribution in [0.3, 0.4) is 0 Å². The van der Waals surface area contributed by atoms with Gasteiger partial charge in [-0.3, -0.25) is 14.4 Å². The van der Waals surface area contributed by atoms with Gasteiger partial charge >= 0.3 is 24.0 Å². The van der Waals surface area contributed by atoms with E-state index < -0.39 is 125 Å². The fourth-order valence-corrected chi connectivity index (χ4v) is 10.5. The zero-order valence-electron chi connectivity index (χ0n) is 38.1. The molecule has 1 saturated heterocycles. The maximum atomic E-state index is 15.9. The normalized spacial score (nSPS) is 31.7. The molecule has 1 heterocycles. The quantitative estimate of drug-likeness (QED) is 0.116. The molecule has 2 saturated carbocycles. The summed E-state index contributed by atoms with van der Waals surface area (Å²) in [5, 5.41) is 36.8. The zero-order chi connectivity index (χ0) is 47.0. The lowest BCUT2D eigenvalue weighted by Gasteiger charge is -2.68. The molecule has 6 rings (SSSR count). The molecule has 0 aromatic heterocycles. The van der Waals surface area contributed by atoms with Crippen molar-refractivity contribution < 1.29 is 72.5 Å². The van der Waals surface area contributed by atoms with Crippen molar-refractivity contribution in [2.24, 2.45) is 22.7 Å². The van der Waals surface area contributed by atoms with Gasteiger partial charge in [-0.05, 0) is 70.4 Å². The number of carbonyl (C=O) groups is 5. The van der Waals surface area contributed by atoms with Crippen molar-refractivity contribution in [2.45, 2.75) is 129 Å². The maximum Gasteiger partial charge on any atom is 0.408 e. The number of esters is 3. The highest BCUT2D eigenvalue weighted by atomic mass is 16.6. The van der Waals surface area contributed by atoms with E-state index in [2.05, 4.69) is 5.32 Å². The third-order valence-corrected chi connectivity index (χ3v) is 13.6. The Morgan fingerprint density at radius 3 is 2.09 bits per heavy atom. The Bertz CT molecular complexity index is 2080. The van der Waals surface area contributed by atoms with Gasteiger partial charge in [-0.15, -0.1) is 0 Å². The number of ether oxygens (including phenoxy) is 7. The van der Waals surface area contributed by atoms with E-state index in [1.165, 1.54) is 19.1 Å². The number of benzene rings is 2. The van der Waals surface area contributed by atoms with Crippen LogP contribution in [0.4, 0.5) is 4.79 Å². The van der Waals surface area contributed by atoms with Crippen LogP contribution in [0.1, 0.15) is 97.1 Å². The third kappa shape index (κ3) is 8.84. The van der Waals surface area contributed by atoms with Crippen LogP contribution in [-0.4, -0.2) is 125 Å². The second-order valence-electron chi connectivity index (χ2n) is 19.1. The van der Waals surface area contributed by atoms with Crippen LogP contribution in [0.25, 0.3) is 0 Å². The SMILES string of the molecule is CC(=O)O[C@@]12CO[C@@H]1C[C@H](OCCO)[C@@]1(C)C(=O)[C@H](OCCO)C3=C(C)[C@@H](OC(=O)[C@H](C)[C@@H](NC(=O)OC(C)(C)C)c4ccccc4)C[C@@](O)([C@@H](OC(=O)c4ccccc4)C12)C3(C)C. The molecule has 3 aliphatic carbocycles. The molecule has 0 spiro atoms. The van der Waals surface area contributed by atoms with Crippen LogP contribution in [-0.2, 0) is 47.5 Å². The monoisotopic (exact) mass is 893 g/mol. The number of amides is 1. The summed E-state index contributed by atoms with van der Waals surface area (Å²) in [7, 11) is 0. The zero-order valence-corrected chi connectivity index (χ0v) is 38.1. The van der Waals surface area contributed by atoms with Gasteiger partial charge in [-0.25, -0.2) is 9.59 Å². The summed E-state index contributed by atoms with van der Waals surface area (Å²) < 4.78 is 43.4. The Hall–Kier alpha value is -4.71. The summed E-state index contributed by atoms with van der Waals surface area (Å²) in [6, 6.07) is 15.9. The van der Waals surface area contributed by atoms with E-state index in [4.69, 9.17) is 33.2 Å². The predicted octanol–water partition coefficient (Wildman–Crippen LogP) is 4.57. The Kier molecular flexibility index (Phi) is 14.2. The topological polar surface area (TPSA) is 223 Å². The largest absolute Gasteiger partial charge is 0.457 e. The molecule has 16 nitrogen and oxygen atoms in total. The summed E-state index contributed by atoms with van der Waals surface area (Å²) in [6.45, 7) is 12.9. The smallest absolute Gasteiger partial charge is 0.408 e. The van der Waals surface area contributed by atoms with Crippen LogP contribution >= 0.6 is 0 Å². The highest BCUT2D eigenvalue weighted by molar-refractivity contribution is 5.94. The average molecular weight is 894 g/mol. The highest BCUT2D eigenvalue weighted by Gasteiger charge is 2.78. The van der Waals surface area contributed by atoms with E-state index in [1.54, 1.807) is 104 Å². The molecule has 0 radical (unpaired) electrons. The Morgan fingerprint density at radius 1 is 0.922 bits per heavy atom. The van der Waals surface area contributed by atoms with Crippen LogP contribution in [0, 0.1) is 22.7 Å². The first kappa shape index (κ1) is 48.7. The molecule has 2 aromatic rings. The van der Waals surface area contributed by atoms with E-state index in [0.717, 1.165) is 0 Å². The van der Waals surface area contributed by atoms with Crippen molar-refractivity contribution >= 4 is 29.8 Å². The van der Waals surface area contributed by atoms with Crippen LogP contribution in [0.5, 0.6) is 0 Å². The maximum absolute atomic E-state index is 15.9. The minimum Gasteiger partial charge on any atom is -0.457 e. The Morgan fingerprint density at radius 2 is 1.53 bits per heavy atom. The van der Waals surface area contributed by atoms with Crippen LogP contribution in [0.15, 0.2) is 71.8 Å². The van der Waals surface area contributed by atoms with Gasteiger partial charge < -0.3 is 53.8 Å². The number of Topliss-reactive ketones (excluding diaryl/α,β-unsaturated/α-hetero) is 1. The molecule has 3 fully saturated rings. The molecule has 11 atom stereocenters. The number of rotatable bonds is 14. The fraction of sp³-hybridized carbons (Fsp3) is 0.604. The summed E-state index contributed by atoms with van der Waals surface area (Å²) >= 11 is 0. The summed E-state index contributed by atoms with van der Waals surface area (Å²) in [5.41, 5.74) is -6.83. The van der Waals surface area contributed by atoms with Crippen molar-refractivity contribution in [1.29, 1.82) is 0 Å². The van der Waals surface area contributed by atoms with Crippen molar-refractivity contribution in [2.75, 3.05) is 33.0 Å². The van der Waals surface area contributed by atoms with Crippen molar-refractivity contribution in [3.63, 3.8) is 0 Å². The van der Waals surface area contributed by atoms with Gasteiger partial charge in [0.25, 0.3) is 0 Å². The van der Waals surface area contributed by atoms with Gasteiger partial charge in [0, 0.05) is 25.2 Å². The Labute approximate surface area is 373 Å². The molecule has 1 amide bonds. The predicted molar refractivity (Wildman–Crippen MR) is 228 cm³/mol. The number of carbonyl (C=O) groups excluding carboxylic acids is 5. The number of ketones is 1. The minimum absolute atomic E-state index is 0.00990. The fourth-order valence-electron chi connectivity index (χ4n) is 10.5. The lowest BCUT2D eigenvalue weighted by atomic mass is 9.44. The molecule has 4 N–H and O–H groups in total. The highest BCUT2D eigenvalue weighted by Crippen LogP contribution is 2.65. The molecule has 64 heavy (non-hydrogen) atoms. The number of fused-ring (bicyclic) bond motifs is 5.